The van der Waals surface area contributed by atoms with Gasteiger partial charge >= 0.3 is 7.60 Å². The highest BCUT2D eigenvalue weighted by Gasteiger charge is 2.10. The molecule has 1 radical (unpaired) electrons. The quantitative estimate of drug-likeness (QED) is 0.482. The van der Waals surface area contributed by atoms with Crippen LogP contribution in [0.5, 0.6) is 0 Å². The van der Waals surface area contributed by atoms with Crippen LogP contribution >= 0.6 is 7.60 Å². The Morgan fingerprint density at radius 1 is 1.00 bits per heavy atom. The van der Waals surface area contributed by atoms with E-state index in [2.05, 4.69) is 6.92 Å². The predicted octanol–water partition coefficient (Wildman–Crippen LogP) is 2.34. The monoisotopic (exact) mass is 193 g/mol. The normalized spacial score (nSPS) is 11.9. The molecule has 0 fully saturated rings. The second-order valence-corrected chi connectivity index (χ2v) is 4.79. The second kappa shape index (κ2) is 6.64. The van der Waals surface area contributed by atoms with Crippen LogP contribution in [0.25, 0.3) is 0 Å². The van der Waals surface area contributed by atoms with Gasteiger partial charge in [-0.05, 0) is 6.42 Å². The Bertz CT molecular complexity index is 141. The van der Waals surface area contributed by atoms with Gasteiger partial charge in [0, 0.05) is 6.16 Å². The molecule has 2 N–H and O–H groups in total. The van der Waals surface area contributed by atoms with Crippen molar-refractivity contribution in [2.75, 3.05) is 6.16 Å². The molecule has 0 heterocycles. The zero-order valence-corrected chi connectivity index (χ0v) is 8.30. The molecule has 0 saturated heterocycles. The summed E-state index contributed by atoms with van der Waals surface area (Å²) in [6.45, 7) is 3.72. The van der Waals surface area contributed by atoms with Crippen molar-refractivity contribution in [3.63, 3.8) is 0 Å². The van der Waals surface area contributed by atoms with Crippen molar-refractivity contribution in [1.82, 2.24) is 0 Å². The Kier molecular flexibility index (Phi) is 6.73. The van der Waals surface area contributed by atoms with E-state index in [1.54, 1.807) is 0 Å². The van der Waals surface area contributed by atoms with Gasteiger partial charge in [0.25, 0.3) is 0 Å². The van der Waals surface area contributed by atoms with E-state index in [4.69, 9.17) is 9.79 Å². The zero-order valence-electron chi connectivity index (χ0n) is 7.41. The Labute approximate surface area is 74.3 Å². The third-order valence-corrected chi connectivity index (χ3v) is 2.60. The fraction of sp³-hybridized carbons (Fsp3) is 0.875. The van der Waals surface area contributed by atoms with Crippen molar-refractivity contribution in [3.8, 4) is 0 Å². The standard InChI is InChI=1S/C8H18O3P/c1-2-3-4-5-6-7-8-12(9,10)11/h1-8H2,(H2,9,10,11). The van der Waals surface area contributed by atoms with Crippen LogP contribution in [0.15, 0.2) is 0 Å². The lowest BCUT2D eigenvalue weighted by Crippen LogP contribution is -1.88. The van der Waals surface area contributed by atoms with E-state index in [1.807, 2.05) is 0 Å². The van der Waals surface area contributed by atoms with Crippen LogP contribution in [0.1, 0.15) is 38.5 Å². The van der Waals surface area contributed by atoms with Gasteiger partial charge in [-0.25, -0.2) is 0 Å². The molecule has 73 valence electrons. The van der Waals surface area contributed by atoms with Crippen LogP contribution in [0, 0.1) is 6.92 Å². The van der Waals surface area contributed by atoms with Crippen LogP contribution in [0.4, 0.5) is 0 Å². The molecule has 0 aromatic carbocycles. The van der Waals surface area contributed by atoms with E-state index >= 15 is 0 Å². The average molecular weight is 193 g/mol. The number of unbranched alkanes of at least 4 members (excludes halogenated alkanes) is 5. The van der Waals surface area contributed by atoms with E-state index < -0.39 is 7.60 Å². The first-order valence-electron chi connectivity index (χ1n) is 4.40. The minimum Gasteiger partial charge on any atom is -0.324 e. The summed E-state index contributed by atoms with van der Waals surface area (Å²) in [6, 6.07) is 0. The largest absolute Gasteiger partial charge is 0.325 e. The number of rotatable bonds is 7. The van der Waals surface area contributed by atoms with Gasteiger partial charge < -0.3 is 9.79 Å². The summed E-state index contributed by atoms with van der Waals surface area (Å²) in [5.41, 5.74) is 0. The first kappa shape index (κ1) is 12.2. The number of hydrogen-bond donors (Lipinski definition) is 2. The summed E-state index contributed by atoms with van der Waals surface area (Å²) >= 11 is 0. The van der Waals surface area contributed by atoms with Gasteiger partial charge in [-0.2, -0.15) is 0 Å². The molecule has 0 bridgehead atoms. The Balaban J connectivity index is 3.06. The summed E-state index contributed by atoms with van der Waals surface area (Å²) < 4.78 is 10.4. The van der Waals surface area contributed by atoms with E-state index in [-0.39, 0.29) is 6.16 Å². The van der Waals surface area contributed by atoms with E-state index in [0.29, 0.717) is 6.42 Å². The molecule has 0 aliphatic carbocycles. The minimum atomic E-state index is -3.73. The van der Waals surface area contributed by atoms with E-state index in [0.717, 1.165) is 32.1 Å². The first-order valence-corrected chi connectivity index (χ1v) is 6.20. The molecule has 0 aromatic rings. The van der Waals surface area contributed by atoms with Crippen molar-refractivity contribution >= 4 is 7.60 Å². The SMILES string of the molecule is [CH2]CCCCCCCP(=O)(O)O. The van der Waals surface area contributed by atoms with Crippen molar-refractivity contribution < 1.29 is 14.4 Å². The molecule has 0 unspecified atom stereocenters. The summed E-state index contributed by atoms with van der Waals surface area (Å²) in [7, 11) is -3.73. The fourth-order valence-corrected chi connectivity index (χ4v) is 1.66. The van der Waals surface area contributed by atoms with Gasteiger partial charge in [0.15, 0.2) is 0 Å². The molecule has 0 aliphatic rings. The smallest absolute Gasteiger partial charge is 0.324 e. The lowest BCUT2D eigenvalue weighted by atomic mass is 10.1. The van der Waals surface area contributed by atoms with Crippen molar-refractivity contribution in [1.29, 1.82) is 0 Å². The molecule has 0 rings (SSSR count). The molecule has 12 heavy (non-hydrogen) atoms. The lowest BCUT2D eigenvalue weighted by molar-refractivity contribution is 0.370. The fourth-order valence-electron chi connectivity index (χ4n) is 1.02. The first-order chi connectivity index (χ1) is 5.56. The van der Waals surface area contributed by atoms with Gasteiger partial charge in [-0.1, -0.05) is 39.0 Å². The molecule has 0 aliphatic heterocycles. The van der Waals surface area contributed by atoms with Gasteiger partial charge in [-0.3, -0.25) is 4.57 Å². The van der Waals surface area contributed by atoms with Crippen LogP contribution < -0.4 is 0 Å². The van der Waals surface area contributed by atoms with Gasteiger partial charge in [-0.15, -0.1) is 0 Å². The average Bonchev–Trinajstić information content (AvgIpc) is 1.94. The maximum Gasteiger partial charge on any atom is 0.325 e. The second-order valence-electron chi connectivity index (χ2n) is 3.01. The summed E-state index contributed by atoms with van der Waals surface area (Å²) in [5.74, 6) is 0. The highest BCUT2D eigenvalue weighted by atomic mass is 31.2. The van der Waals surface area contributed by atoms with Crippen LogP contribution in [-0.2, 0) is 4.57 Å². The Morgan fingerprint density at radius 3 is 2.00 bits per heavy atom. The molecule has 0 aromatic heterocycles. The van der Waals surface area contributed by atoms with Crippen LogP contribution in [0.2, 0.25) is 0 Å². The van der Waals surface area contributed by atoms with E-state index in [1.165, 1.54) is 0 Å². The Hall–Kier alpha value is 0.150. The molecule has 0 atom stereocenters. The van der Waals surface area contributed by atoms with E-state index in [9.17, 15) is 4.57 Å². The van der Waals surface area contributed by atoms with Crippen molar-refractivity contribution in [3.05, 3.63) is 6.92 Å². The molecular formula is C8H18O3P. The highest BCUT2D eigenvalue weighted by molar-refractivity contribution is 7.51. The maximum atomic E-state index is 10.4. The minimum absolute atomic E-state index is 0.0391. The number of hydrogen-bond acceptors (Lipinski definition) is 1. The van der Waals surface area contributed by atoms with Crippen LogP contribution in [0.3, 0.4) is 0 Å². The van der Waals surface area contributed by atoms with Gasteiger partial charge in [0.05, 0.1) is 0 Å². The molecule has 0 saturated carbocycles. The molecule has 0 spiro atoms. The molecule has 3 nitrogen and oxygen atoms in total. The highest BCUT2D eigenvalue weighted by Crippen LogP contribution is 2.35. The molecular weight excluding hydrogens is 175 g/mol. The lowest BCUT2D eigenvalue weighted by Gasteiger charge is -2.02. The van der Waals surface area contributed by atoms with Crippen molar-refractivity contribution in [2.24, 2.45) is 0 Å². The van der Waals surface area contributed by atoms with Gasteiger partial charge in [0.2, 0.25) is 0 Å². The summed E-state index contributed by atoms with van der Waals surface area (Å²) in [4.78, 5) is 17.0. The molecule has 4 heteroatoms. The third kappa shape index (κ3) is 10.2. The third-order valence-electron chi connectivity index (χ3n) is 1.70. The topological polar surface area (TPSA) is 57.5 Å². The summed E-state index contributed by atoms with van der Waals surface area (Å²) in [6.07, 6.45) is 5.87. The Morgan fingerprint density at radius 2 is 1.50 bits per heavy atom. The molecule has 0 amide bonds. The zero-order chi connectivity index (χ0) is 9.45. The van der Waals surface area contributed by atoms with Crippen LogP contribution in [-0.4, -0.2) is 15.9 Å². The van der Waals surface area contributed by atoms with Crippen molar-refractivity contribution in [2.45, 2.75) is 38.5 Å². The predicted molar refractivity (Wildman–Crippen MR) is 50.0 cm³/mol. The summed E-state index contributed by atoms with van der Waals surface area (Å²) in [5, 5.41) is 0. The van der Waals surface area contributed by atoms with Gasteiger partial charge in [0.1, 0.15) is 0 Å². The maximum absolute atomic E-state index is 10.4.